The van der Waals surface area contributed by atoms with Crippen LogP contribution in [0.15, 0.2) is 6.20 Å². The Hall–Kier alpha value is -1.66. The van der Waals surface area contributed by atoms with E-state index in [1.807, 2.05) is 18.0 Å². The first kappa shape index (κ1) is 21.1. The molecular formula is C22H36N4O2. The fraction of sp³-hybridized carbons (Fsp3) is 0.727. The van der Waals surface area contributed by atoms with Crippen molar-refractivity contribution < 1.29 is 9.53 Å². The van der Waals surface area contributed by atoms with E-state index in [0.717, 1.165) is 68.0 Å². The van der Waals surface area contributed by atoms with Gasteiger partial charge < -0.3 is 9.64 Å². The van der Waals surface area contributed by atoms with E-state index < -0.39 is 0 Å². The van der Waals surface area contributed by atoms with Gasteiger partial charge in [0.2, 0.25) is 5.91 Å². The first-order valence-electron chi connectivity index (χ1n) is 10.6. The van der Waals surface area contributed by atoms with E-state index in [4.69, 9.17) is 4.74 Å². The summed E-state index contributed by atoms with van der Waals surface area (Å²) in [6.07, 6.45) is 5.07. The summed E-state index contributed by atoms with van der Waals surface area (Å²) in [5.74, 6) is 1.26. The van der Waals surface area contributed by atoms with Crippen LogP contribution in [0.3, 0.4) is 0 Å². The zero-order valence-electron chi connectivity index (χ0n) is 18.4. The molecule has 0 N–H and O–H groups in total. The largest absolute Gasteiger partial charge is 0.496 e. The highest BCUT2D eigenvalue weighted by molar-refractivity contribution is 5.84. The summed E-state index contributed by atoms with van der Waals surface area (Å²) in [5, 5.41) is 0. The fourth-order valence-corrected chi connectivity index (χ4v) is 4.76. The lowest BCUT2D eigenvalue weighted by Gasteiger charge is -2.39. The van der Waals surface area contributed by atoms with Crippen molar-refractivity contribution in [3.05, 3.63) is 23.0 Å². The molecule has 2 fully saturated rings. The van der Waals surface area contributed by atoms with Gasteiger partial charge >= 0.3 is 0 Å². The van der Waals surface area contributed by atoms with Crippen molar-refractivity contribution in [2.75, 3.05) is 33.8 Å². The van der Waals surface area contributed by atoms with Gasteiger partial charge in [0.25, 0.3) is 0 Å². The van der Waals surface area contributed by atoms with Gasteiger partial charge in [-0.3, -0.25) is 19.6 Å². The molecule has 0 bridgehead atoms. The number of aromatic nitrogens is 1. The summed E-state index contributed by atoms with van der Waals surface area (Å²) in [5.41, 5.74) is 3.33. The lowest BCUT2D eigenvalue weighted by molar-refractivity contribution is -0.134. The van der Waals surface area contributed by atoms with Crippen LogP contribution in [0.25, 0.3) is 0 Å². The third kappa shape index (κ3) is 4.18. The normalized spacial score (nSPS) is 21.9. The van der Waals surface area contributed by atoms with Crippen LogP contribution in [0.5, 0.6) is 5.75 Å². The van der Waals surface area contributed by atoms with Gasteiger partial charge in [0, 0.05) is 55.6 Å². The number of pyridine rings is 1. The summed E-state index contributed by atoms with van der Waals surface area (Å²) < 4.78 is 5.55. The van der Waals surface area contributed by atoms with Crippen LogP contribution in [-0.4, -0.2) is 77.5 Å². The molecule has 0 aliphatic carbocycles. The number of amides is 1. The Bertz CT molecular complexity index is 698. The molecule has 1 amide bonds. The van der Waals surface area contributed by atoms with Gasteiger partial charge in [-0.25, -0.2) is 0 Å². The molecule has 2 aliphatic heterocycles. The maximum absolute atomic E-state index is 12.7. The van der Waals surface area contributed by atoms with Crippen LogP contribution in [0.1, 0.15) is 49.9 Å². The SMILES string of the molecule is COc1c(C)cnc(CN2CCC(N(C)C3CCN(C(C)C)C3=O)CC2)c1C. The molecule has 2 aliphatic rings. The maximum atomic E-state index is 12.7. The molecule has 2 saturated heterocycles. The predicted molar refractivity (Wildman–Crippen MR) is 112 cm³/mol. The average molecular weight is 389 g/mol. The molecule has 28 heavy (non-hydrogen) atoms. The number of methoxy groups -OCH3 is 1. The Kier molecular flexibility index (Phi) is 6.61. The van der Waals surface area contributed by atoms with Crippen molar-refractivity contribution in [3.8, 4) is 5.75 Å². The van der Waals surface area contributed by atoms with E-state index in [1.54, 1.807) is 7.11 Å². The van der Waals surface area contributed by atoms with Crippen molar-refractivity contribution in [1.82, 2.24) is 19.7 Å². The molecule has 1 unspecified atom stereocenters. The topological polar surface area (TPSA) is 48.9 Å². The number of carbonyl (C=O) groups is 1. The van der Waals surface area contributed by atoms with Crippen molar-refractivity contribution in [2.24, 2.45) is 0 Å². The number of nitrogens with zero attached hydrogens (tertiary/aromatic N) is 4. The Morgan fingerprint density at radius 2 is 1.89 bits per heavy atom. The number of hydrogen-bond donors (Lipinski definition) is 0. The predicted octanol–water partition coefficient (Wildman–Crippen LogP) is 2.61. The fourth-order valence-electron chi connectivity index (χ4n) is 4.76. The number of carbonyl (C=O) groups excluding carboxylic acids is 1. The second-order valence-corrected chi connectivity index (χ2v) is 8.65. The summed E-state index contributed by atoms with van der Waals surface area (Å²) >= 11 is 0. The molecule has 6 heteroatoms. The summed E-state index contributed by atoms with van der Waals surface area (Å²) in [7, 11) is 3.87. The van der Waals surface area contributed by atoms with Gasteiger partial charge in [-0.05, 0) is 54.0 Å². The second-order valence-electron chi connectivity index (χ2n) is 8.65. The molecule has 0 radical (unpaired) electrons. The molecule has 0 spiro atoms. The zero-order valence-corrected chi connectivity index (χ0v) is 18.4. The van der Waals surface area contributed by atoms with Crippen LogP contribution in [0.2, 0.25) is 0 Å². The van der Waals surface area contributed by atoms with Crippen molar-refractivity contribution in [3.63, 3.8) is 0 Å². The number of rotatable bonds is 6. The number of aryl methyl sites for hydroxylation is 1. The van der Waals surface area contributed by atoms with Gasteiger partial charge in [-0.2, -0.15) is 0 Å². The van der Waals surface area contributed by atoms with Gasteiger partial charge in [0.05, 0.1) is 18.8 Å². The van der Waals surface area contributed by atoms with Crippen molar-refractivity contribution in [1.29, 1.82) is 0 Å². The maximum Gasteiger partial charge on any atom is 0.240 e. The number of piperidine rings is 1. The number of likely N-dealkylation sites (N-methyl/N-ethyl adjacent to an activating group) is 1. The third-order valence-corrected chi connectivity index (χ3v) is 6.58. The Balaban J connectivity index is 1.56. The van der Waals surface area contributed by atoms with E-state index in [0.29, 0.717) is 18.0 Å². The summed E-state index contributed by atoms with van der Waals surface area (Å²) in [6, 6.07) is 0.845. The minimum atomic E-state index is 0.0595. The quantitative estimate of drug-likeness (QED) is 0.750. The molecule has 0 saturated carbocycles. The van der Waals surface area contributed by atoms with Crippen LogP contribution in [0, 0.1) is 13.8 Å². The zero-order chi connectivity index (χ0) is 20.4. The highest BCUT2D eigenvalue weighted by atomic mass is 16.5. The van der Waals surface area contributed by atoms with Gasteiger partial charge in [0.15, 0.2) is 0 Å². The van der Waals surface area contributed by atoms with Crippen LogP contribution in [0.4, 0.5) is 0 Å². The monoisotopic (exact) mass is 388 g/mol. The van der Waals surface area contributed by atoms with E-state index in [2.05, 4.69) is 42.6 Å². The molecule has 3 heterocycles. The Morgan fingerprint density at radius 3 is 2.46 bits per heavy atom. The first-order chi connectivity index (χ1) is 13.3. The second kappa shape index (κ2) is 8.78. The lowest BCUT2D eigenvalue weighted by Crippen LogP contribution is -2.50. The molecule has 1 aromatic rings. The molecule has 0 aromatic carbocycles. The molecule has 3 rings (SSSR count). The lowest BCUT2D eigenvalue weighted by atomic mass is 10.0. The number of likely N-dealkylation sites (tertiary alicyclic amines) is 2. The molecule has 6 nitrogen and oxygen atoms in total. The minimum Gasteiger partial charge on any atom is -0.496 e. The molecule has 1 atom stereocenters. The molecular weight excluding hydrogens is 352 g/mol. The standard InChI is InChI=1S/C22H36N4O2/c1-15(2)26-12-9-20(22(26)27)24(5)18-7-10-25(11-8-18)14-19-17(4)21(28-6)16(3)13-23-19/h13,15,18,20H,7-12,14H2,1-6H3. The smallest absolute Gasteiger partial charge is 0.240 e. The minimum absolute atomic E-state index is 0.0595. The number of ether oxygens (including phenoxy) is 1. The van der Waals surface area contributed by atoms with E-state index >= 15 is 0 Å². The Labute approximate surface area is 169 Å². The molecule has 156 valence electrons. The number of hydrogen-bond acceptors (Lipinski definition) is 5. The third-order valence-electron chi connectivity index (χ3n) is 6.58. The van der Waals surface area contributed by atoms with Crippen LogP contribution < -0.4 is 4.74 Å². The molecule has 1 aromatic heterocycles. The van der Waals surface area contributed by atoms with Crippen molar-refractivity contribution in [2.45, 2.75) is 71.6 Å². The summed E-state index contributed by atoms with van der Waals surface area (Å²) in [4.78, 5) is 24.2. The van der Waals surface area contributed by atoms with Crippen molar-refractivity contribution >= 4 is 5.91 Å². The van der Waals surface area contributed by atoms with Gasteiger partial charge in [-0.15, -0.1) is 0 Å². The highest BCUT2D eigenvalue weighted by Crippen LogP contribution is 2.27. The average Bonchev–Trinajstić information content (AvgIpc) is 3.06. The van der Waals surface area contributed by atoms with Crippen LogP contribution in [-0.2, 0) is 11.3 Å². The van der Waals surface area contributed by atoms with E-state index in [1.165, 1.54) is 0 Å². The van der Waals surface area contributed by atoms with E-state index in [9.17, 15) is 4.79 Å². The Morgan fingerprint density at radius 1 is 1.21 bits per heavy atom. The van der Waals surface area contributed by atoms with E-state index in [-0.39, 0.29) is 6.04 Å². The van der Waals surface area contributed by atoms with Gasteiger partial charge in [-0.1, -0.05) is 0 Å². The van der Waals surface area contributed by atoms with Crippen LogP contribution >= 0.6 is 0 Å². The van der Waals surface area contributed by atoms with Gasteiger partial charge in [0.1, 0.15) is 5.75 Å². The summed E-state index contributed by atoms with van der Waals surface area (Å²) in [6.45, 7) is 12.2. The highest BCUT2D eigenvalue weighted by Gasteiger charge is 2.38. The first-order valence-corrected chi connectivity index (χ1v) is 10.6.